The lowest BCUT2D eigenvalue weighted by Crippen LogP contribution is -2.33. The van der Waals surface area contributed by atoms with Crippen molar-refractivity contribution in [1.82, 2.24) is 20.3 Å². The summed E-state index contributed by atoms with van der Waals surface area (Å²) in [5, 5.41) is 3.56. The molecule has 0 saturated carbocycles. The maximum atomic E-state index is 11.4. The number of carbonyl (C=O) groups excluding carboxylic acids is 1. The lowest BCUT2D eigenvalue weighted by Gasteiger charge is -2.21. The molecule has 0 radical (unpaired) electrons. The minimum atomic E-state index is -0.592. The summed E-state index contributed by atoms with van der Waals surface area (Å²) in [4.78, 5) is 26.2. The number of amides is 1. The number of aryl methyl sites for hydroxylation is 1. The fraction of sp³-hybridized carbons (Fsp3) is 0.412. The molecule has 0 spiro atoms. The summed E-state index contributed by atoms with van der Waals surface area (Å²) in [5.74, 6) is 0.303. The summed E-state index contributed by atoms with van der Waals surface area (Å²) < 4.78 is 0. The van der Waals surface area contributed by atoms with Crippen LogP contribution in [-0.4, -0.2) is 40.0 Å². The second kappa shape index (κ2) is 6.92. The number of pyridine rings is 1. The number of aromatic nitrogens is 3. The van der Waals surface area contributed by atoms with Gasteiger partial charge in [0.25, 0.3) is 5.91 Å². The zero-order valence-corrected chi connectivity index (χ0v) is 14.0. The largest absolute Gasteiger partial charge is 0.363 e. The predicted molar refractivity (Wildman–Crippen MR) is 91.7 cm³/mol. The molecule has 24 heavy (non-hydrogen) atoms. The maximum absolute atomic E-state index is 11.4. The summed E-state index contributed by atoms with van der Waals surface area (Å²) in [7, 11) is 0. The van der Waals surface area contributed by atoms with Crippen LogP contribution in [0.15, 0.2) is 24.5 Å². The molecule has 0 aromatic carbocycles. The Balaban J connectivity index is 1.68. The monoisotopic (exact) mass is 326 g/mol. The predicted octanol–water partition coefficient (Wildman–Crippen LogP) is 0.956. The Bertz CT molecular complexity index is 733. The average Bonchev–Trinajstić information content (AvgIpc) is 3.05. The molecular formula is C17H22N6O. The van der Waals surface area contributed by atoms with Gasteiger partial charge < -0.3 is 16.0 Å². The summed E-state index contributed by atoms with van der Waals surface area (Å²) >= 11 is 0. The number of nitrogens with two attached hydrogens (primary N) is 1. The van der Waals surface area contributed by atoms with Crippen molar-refractivity contribution >= 4 is 11.7 Å². The third-order valence-corrected chi connectivity index (χ3v) is 4.42. The molecule has 0 unspecified atom stereocenters. The van der Waals surface area contributed by atoms with Gasteiger partial charge in [-0.2, -0.15) is 0 Å². The molecule has 2 aromatic heterocycles. The molecule has 3 rings (SSSR count). The van der Waals surface area contributed by atoms with E-state index in [1.54, 1.807) is 12.4 Å². The molecule has 1 aliphatic heterocycles. The van der Waals surface area contributed by atoms with E-state index in [0.717, 1.165) is 43.1 Å². The summed E-state index contributed by atoms with van der Waals surface area (Å²) in [6.07, 6.45) is 4.63. The third kappa shape index (κ3) is 3.51. The van der Waals surface area contributed by atoms with E-state index in [4.69, 9.17) is 5.73 Å². The second-order valence-electron chi connectivity index (χ2n) is 6.11. The Labute approximate surface area is 141 Å². The average molecular weight is 326 g/mol. The van der Waals surface area contributed by atoms with Crippen molar-refractivity contribution in [2.75, 3.05) is 18.0 Å². The van der Waals surface area contributed by atoms with Crippen molar-refractivity contribution in [2.45, 2.75) is 32.9 Å². The smallest absolute Gasteiger partial charge is 0.286 e. The lowest BCUT2D eigenvalue weighted by atomic mass is 10.2. The summed E-state index contributed by atoms with van der Waals surface area (Å²) in [6, 6.07) is 4.40. The van der Waals surface area contributed by atoms with E-state index in [1.165, 1.54) is 5.56 Å². The van der Waals surface area contributed by atoms with E-state index in [9.17, 15) is 4.79 Å². The van der Waals surface area contributed by atoms with Crippen molar-refractivity contribution in [3.8, 4) is 0 Å². The van der Waals surface area contributed by atoms with Gasteiger partial charge in [0.1, 0.15) is 5.82 Å². The first-order valence-corrected chi connectivity index (χ1v) is 8.07. The minimum Gasteiger partial charge on any atom is -0.363 e. The van der Waals surface area contributed by atoms with Crippen LogP contribution in [0.25, 0.3) is 0 Å². The van der Waals surface area contributed by atoms with E-state index in [0.29, 0.717) is 6.04 Å². The Morgan fingerprint density at radius 2 is 2.08 bits per heavy atom. The molecular weight excluding hydrogens is 304 g/mol. The van der Waals surface area contributed by atoms with Gasteiger partial charge in [-0.3, -0.25) is 9.78 Å². The number of rotatable bonds is 5. The van der Waals surface area contributed by atoms with Crippen LogP contribution in [0.1, 0.15) is 33.9 Å². The molecule has 2 aromatic rings. The molecule has 1 fully saturated rings. The van der Waals surface area contributed by atoms with Crippen molar-refractivity contribution < 1.29 is 4.79 Å². The van der Waals surface area contributed by atoms with Gasteiger partial charge in [0.2, 0.25) is 5.82 Å². The number of anilines is 1. The number of hydrogen-bond donors (Lipinski definition) is 2. The summed E-state index contributed by atoms with van der Waals surface area (Å²) in [5.41, 5.74) is 8.34. The van der Waals surface area contributed by atoms with E-state index >= 15 is 0 Å². The molecule has 1 saturated heterocycles. The molecule has 3 heterocycles. The van der Waals surface area contributed by atoms with Crippen LogP contribution in [0.2, 0.25) is 0 Å². The van der Waals surface area contributed by atoms with Crippen molar-refractivity contribution in [3.63, 3.8) is 0 Å². The van der Waals surface area contributed by atoms with Gasteiger partial charge in [0.15, 0.2) is 0 Å². The minimum absolute atomic E-state index is 0.0845. The van der Waals surface area contributed by atoms with Gasteiger partial charge in [-0.05, 0) is 38.0 Å². The van der Waals surface area contributed by atoms with Gasteiger partial charge >= 0.3 is 0 Å². The van der Waals surface area contributed by atoms with Gasteiger partial charge in [0, 0.05) is 49.3 Å². The highest BCUT2D eigenvalue weighted by Crippen LogP contribution is 2.24. The van der Waals surface area contributed by atoms with Gasteiger partial charge in [-0.15, -0.1) is 0 Å². The normalized spacial score (nSPS) is 17.2. The zero-order chi connectivity index (χ0) is 17.1. The molecule has 7 nitrogen and oxygen atoms in total. The molecule has 0 aliphatic carbocycles. The first kappa shape index (κ1) is 16.3. The highest BCUT2D eigenvalue weighted by Gasteiger charge is 2.25. The van der Waals surface area contributed by atoms with Gasteiger partial charge in [-0.25, -0.2) is 9.97 Å². The van der Waals surface area contributed by atoms with E-state index in [-0.39, 0.29) is 5.82 Å². The molecule has 0 bridgehead atoms. The number of carbonyl (C=O) groups is 1. The first-order valence-electron chi connectivity index (χ1n) is 8.07. The van der Waals surface area contributed by atoms with E-state index in [2.05, 4.69) is 25.2 Å². The van der Waals surface area contributed by atoms with Crippen molar-refractivity contribution in [2.24, 2.45) is 5.73 Å². The molecule has 126 valence electrons. The van der Waals surface area contributed by atoms with Gasteiger partial charge in [0.05, 0.1) is 0 Å². The van der Waals surface area contributed by atoms with E-state index < -0.39 is 5.91 Å². The standard InChI is InChI=1S/C17H22N6O/c1-11-12(2)21-16(15(18)24)22-17(11)23-8-5-14(10-23)20-9-13-3-6-19-7-4-13/h3-4,6-7,14,20H,5,8-10H2,1-2H3,(H2,18,24)/t14-/m1/s1. The van der Waals surface area contributed by atoms with Crippen LogP contribution in [0, 0.1) is 13.8 Å². The Morgan fingerprint density at radius 3 is 2.79 bits per heavy atom. The van der Waals surface area contributed by atoms with Crippen LogP contribution in [0.4, 0.5) is 5.82 Å². The molecule has 1 atom stereocenters. The quantitative estimate of drug-likeness (QED) is 0.849. The highest BCUT2D eigenvalue weighted by atomic mass is 16.1. The van der Waals surface area contributed by atoms with Crippen molar-refractivity contribution in [1.29, 1.82) is 0 Å². The maximum Gasteiger partial charge on any atom is 0.286 e. The SMILES string of the molecule is Cc1nc(C(N)=O)nc(N2CC[C@@H](NCc3ccncc3)C2)c1C. The highest BCUT2D eigenvalue weighted by molar-refractivity contribution is 5.89. The van der Waals surface area contributed by atoms with Crippen molar-refractivity contribution in [3.05, 3.63) is 47.2 Å². The Morgan fingerprint density at radius 1 is 1.33 bits per heavy atom. The molecule has 7 heteroatoms. The lowest BCUT2D eigenvalue weighted by molar-refractivity contribution is 0.0990. The van der Waals surface area contributed by atoms with E-state index in [1.807, 2.05) is 26.0 Å². The van der Waals surface area contributed by atoms with Crippen LogP contribution >= 0.6 is 0 Å². The topological polar surface area (TPSA) is 97.0 Å². The van der Waals surface area contributed by atoms with Crippen LogP contribution in [0.5, 0.6) is 0 Å². The zero-order valence-electron chi connectivity index (χ0n) is 14.0. The number of hydrogen-bond acceptors (Lipinski definition) is 6. The van der Waals surface area contributed by atoms with Crippen LogP contribution < -0.4 is 16.0 Å². The fourth-order valence-corrected chi connectivity index (χ4v) is 2.91. The number of nitrogens with zero attached hydrogens (tertiary/aromatic N) is 4. The number of nitrogens with one attached hydrogen (secondary N) is 1. The van der Waals surface area contributed by atoms with Gasteiger partial charge in [-0.1, -0.05) is 0 Å². The Kier molecular flexibility index (Phi) is 4.71. The number of primary amides is 1. The second-order valence-corrected chi connectivity index (χ2v) is 6.11. The fourth-order valence-electron chi connectivity index (χ4n) is 2.91. The third-order valence-electron chi connectivity index (χ3n) is 4.42. The molecule has 1 aliphatic rings. The molecule has 3 N–H and O–H groups in total. The first-order chi connectivity index (χ1) is 11.5. The van der Waals surface area contributed by atoms with Crippen LogP contribution in [0.3, 0.4) is 0 Å². The Hall–Kier alpha value is -2.54. The summed E-state index contributed by atoms with van der Waals surface area (Å²) in [6.45, 7) is 6.41. The van der Waals surface area contributed by atoms with Crippen LogP contribution in [-0.2, 0) is 6.54 Å². The molecule has 1 amide bonds.